The van der Waals surface area contributed by atoms with Crippen molar-refractivity contribution in [3.05, 3.63) is 54.1 Å². The van der Waals surface area contributed by atoms with E-state index in [4.69, 9.17) is 9.47 Å². The number of anilines is 2. The highest BCUT2D eigenvalue weighted by Gasteiger charge is 2.10. The fraction of sp³-hybridized carbons (Fsp3) is 0.391. The van der Waals surface area contributed by atoms with Gasteiger partial charge in [0.1, 0.15) is 12.4 Å². The van der Waals surface area contributed by atoms with Crippen LogP contribution in [0.5, 0.6) is 5.75 Å². The molecule has 0 spiro atoms. The number of hydrogen-bond donors (Lipinski definition) is 3. The summed E-state index contributed by atoms with van der Waals surface area (Å²) in [7, 11) is 0. The molecule has 162 valence electrons. The summed E-state index contributed by atoms with van der Waals surface area (Å²) in [6, 6.07) is 14.5. The predicted octanol–water partition coefficient (Wildman–Crippen LogP) is 3.68. The van der Waals surface area contributed by atoms with Crippen molar-refractivity contribution in [2.45, 2.75) is 33.2 Å². The lowest BCUT2D eigenvalue weighted by atomic mass is 10.1. The second-order valence-corrected chi connectivity index (χ2v) is 6.81. The van der Waals surface area contributed by atoms with E-state index in [0.29, 0.717) is 42.5 Å². The van der Waals surface area contributed by atoms with Gasteiger partial charge < -0.3 is 25.4 Å². The molecule has 0 aliphatic rings. The van der Waals surface area contributed by atoms with Crippen LogP contribution >= 0.6 is 0 Å². The fourth-order valence-electron chi connectivity index (χ4n) is 2.61. The number of rotatable bonds is 12. The standard InChI is InChI=1S/C23H31N3O4/c1-4-17(3)25-23(28)18-9-8-10-19(15-18)24-16-22(27)26-20-11-6-7-12-21(20)30-14-13-29-5-2/h6-12,15,17,24H,4-5,13-14,16H2,1-3H3,(H,25,28)(H,26,27). The lowest BCUT2D eigenvalue weighted by Crippen LogP contribution is -2.31. The summed E-state index contributed by atoms with van der Waals surface area (Å²) >= 11 is 0. The van der Waals surface area contributed by atoms with Gasteiger partial charge in [-0.25, -0.2) is 0 Å². The molecule has 2 aromatic rings. The molecule has 0 radical (unpaired) electrons. The van der Waals surface area contributed by atoms with Crippen LogP contribution in [0.4, 0.5) is 11.4 Å². The molecule has 2 amide bonds. The van der Waals surface area contributed by atoms with Crippen LogP contribution in [0.1, 0.15) is 37.6 Å². The Bertz CT molecular complexity index is 826. The van der Waals surface area contributed by atoms with Gasteiger partial charge in [-0.2, -0.15) is 0 Å². The molecule has 7 nitrogen and oxygen atoms in total. The van der Waals surface area contributed by atoms with Gasteiger partial charge in [0.05, 0.1) is 18.8 Å². The van der Waals surface area contributed by atoms with Crippen LogP contribution in [-0.4, -0.2) is 44.2 Å². The third kappa shape index (κ3) is 7.75. The van der Waals surface area contributed by atoms with Gasteiger partial charge in [-0.1, -0.05) is 25.1 Å². The van der Waals surface area contributed by atoms with Crippen LogP contribution < -0.4 is 20.7 Å². The fourth-order valence-corrected chi connectivity index (χ4v) is 2.61. The molecule has 0 saturated heterocycles. The maximum Gasteiger partial charge on any atom is 0.251 e. The van der Waals surface area contributed by atoms with Crippen molar-refractivity contribution < 1.29 is 19.1 Å². The van der Waals surface area contributed by atoms with E-state index in [9.17, 15) is 9.59 Å². The third-order valence-corrected chi connectivity index (χ3v) is 4.42. The highest BCUT2D eigenvalue weighted by atomic mass is 16.5. The number of benzene rings is 2. The molecule has 0 aromatic heterocycles. The summed E-state index contributed by atoms with van der Waals surface area (Å²) in [6.07, 6.45) is 0.862. The lowest BCUT2D eigenvalue weighted by molar-refractivity contribution is -0.114. The summed E-state index contributed by atoms with van der Waals surface area (Å²) in [5.41, 5.74) is 1.85. The normalized spacial score (nSPS) is 11.4. The molecule has 1 atom stereocenters. The van der Waals surface area contributed by atoms with Crippen LogP contribution in [0.15, 0.2) is 48.5 Å². The molecule has 0 heterocycles. The maximum atomic E-state index is 12.4. The molecular weight excluding hydrogens is 382 g/mol. The number of carbonyl (C=O) groups excluding carboxylic acids is 2. The molecular formula is C23H31N3O4. The van der Waals surface area contributed by atoms with Gasteiger partial charge in [0.15, 0.2) is 0 Å². The van der Waals surface area contributed by atoms with Gasteiger partial charge in [0.25, 0.3) is 5.91 Å². The molecule has 3 N–H and O–H groups in total. The number of carbonyl (C=O) groups is 2. The second kappa shape index (κ2) is 12.5. The average molecular weight is 414 g/mol. The van der Waals surface area contributed by atoms with E-state index in [1.54, 1.807) is 30.3 Å². The van der Waals surface area contributed by atoms with Gasteiger partial charge in [-0.05, 0) is 50.6 Å². The molecule has 0 saturated carbocycles. The van der Waals surface area contributed by atoms with Crippen molar-refractivity contribution in [1.29, 1.82) is 0 Å². The summed E-state index contributed by atoms with van der Waals surface area (Å²) in [6.45, 7) is 7.49. The molecule has 0 aliphatic heterocycles. The van der Waals surface area contributed by atoms with Gasteiger partial charge in [-0.15, -0.1) is 0 Å². The largest absolute Gasteiger partial charge is 0.489 e. The Morgan fingerprint density at radius 1 is 1.03 bits per heavy atom. The van der Waals surface area contributed by atoms with E-state index in [-0.39, 0.29) is 24.4 Å². The minimum atomic E-state index is -0.217. The van der Waals surface area contributed by atoms with Gasteiger partial charge in [-0.3, -0.25) is 9.59 Å². The Morgan fingerprint density at radius 2 is 1.83 bits per heavy atom. The van der Waals surface area contributed by atoms with E-state index in [2.05, 4.69) is 16.0 Å². The number of nitrogens with one attached hydrogen (secondary N) is 3. The molecule has 2 aromatic carbocycles. The molecule has 7 heteroatoms. The van der Waals surface area contributed by atoms with E-state index in [1.807, 2.05) is 39.0 Å². The van der Waals surface area contributed by atoms with Crippen LogP contribution in [0.3, 0.4) is 0 Å². The monoisotopic (exact) mass is 413 g/mol. The topological polar surface area (TPSA) is 88.7 Å². The number of ether oxygens (including phenoxy) is 2. The summed E-state index contributed by atoms with van der Waals surface area (Å²) in [5, 5.41) is 8.83. The van der Waals surface area contributed by atoms with Gasteiger partial charge in [0, 0.05) is 23.9 Å². The van der Waals surface area contributed by atoms with E-state index >= 15 is 0 Å². The molecule has 1 unspecified atom stereocenters. The zero-order valence-electron chi connectivity index (χ0n) is 17.9. The molecule has 2 rings (SSSR count). The molecule has 0 fully saturated rings. The van der Waals surface area contributed by atoms with E-state index in [1.165, 1.54) is 0 Å². The van der Waals surface area contributed by atoms with Crippen LogP contribution in [-0.2, 0) is 9.53 Å². The Hall–Kier alpha value is -3.06. The predicted molar refractivity (Wildman–Crippen MR) is 119 cm³/mol. The SMILES string of the molecule is CCOCCOc1ccccc1NC(=O)CNc1cccc(C(=O)NC(C)CC)c1. The Morgan fingerprint density at radius 3 is 2.60 bits per heavy atom. The second-order valence-electron chi connectivity index (χ2n) is 6.81. The zero-order chi connectivity index (χ0) is 21.8. The zero-order valence-corrected chi connectivity index (χ0v) is 17.9. The first-order valence-corrected chi connectivity index (χ1v) is 10.3. The van der Waals surface area contributed by atoms with Gasteiger partial charge >= 0.3 is 0 Å². The van der Waals surface area contributed by atoms with Crippen molar-refractivity contribution in [2.75, 3.05) is 37.0 Å². The van der Waals surface area contributed by atoms with E-state index in [0.717, 1.165) is 6.42 Å². The Labute approximate surface area is 178 Å². The maximum absolute atomic E-state index is 12.4. The lowest BCUT2D eigenvalue weighted by Gasteiger charge is -2.14. The van der Waals surface area contributed by atoms with Crippen LogP contribution in [0, 0.1) is 0 Å². The number of hydrogen-bond acceptors (Lipinski definition) is 5. The number of para-hydroxylation sites is 2. The van der Waals surface area contributed by atoms with Crippen LogP contribution in [0.25, 0.3) is 0 Å². The average Bonchev–Trinajstić information content (AvgIpc) is 2.76. The summed E-state index contributed by atoms with van der Waals surface area (Å²) in [5.74, 6) is 0.246. The van der Waals surface area contributed by atoms with Crippen molar-refractivity contribution >= 4 is 23.2 Å². The van der Waals surface area contributed by atoms with Crippen molar-refractivity contribution in [3.63, 3.8) is 0 Å². The first-order valence-electron chi connectivity index (χ1n) is 10.3. The van der Waals surface area contributed by atoms with Crippen molar-refractivity contribution in [1.82, 2.24) is 5.32 Å². The molecule has 0 aliphatic carbocycles. The highest BCUT2D eigenvalue weighted by molar-refractivity contribution is 5.96. The van der Waals surface area contributed by atoms with Crippen LogP contribution in [0.2, 0.25) is 0 Å². The first-order chi connectivity index (χ1) is 14.5. The quantitative estimate of drug-likeness (QED) is 0.462. The molecule has 30 heavy (non-hydrogen) atoms. The van der Waals surface area contributed by atoms with Crippen molar-refractivity contribution in [3.8, 4) is 5.75 Å². The molecule has 0 bridgehead atoms. The summed E-state index contributed by atoms with van der Waals surface area (Å²) in [4.78, 5) is 24.7. The third-order valence-electron chi connectivity index (χ3n) is 4.42. The highest BCUT2D eigenvalue weighted by Crippen LogP contribution is 2.23. The Kier molecular flexibility index (Phi) is 9.67. The minimum absolute atomic E-state index is 0.0592. The Balaban J connectivity index is 1.89. The summed E-state index contributed by atoms with van der Waals surface area (Å²) < 4.78 is 10.9. The van der Waals surface area contributed by atoms with Gasteiger partial charge in [0.2, 0.25) is 5.91 Å². The first kappa shape index (κ1) is 23.2. The van der Waals surface area contributed by atoms with E-state index < -0.39 is 0 Å². The minimum Gasteiger partial charge on any atom is -0.489 e. The van der Waals surface area contributed by atoms with Crippen molar-refractivity contribution in [2.24, 2.45) is 0 Å². The smallest absolute Gasteiger partial charge is 0.251 e. The number of amides is 2.